The van der Waals surface area contributed by atoms with Crippen molar-refractivity contribution in [1.29, 1.82) is 5.26 Å². The zero-order valence-electron chi connectivity index (χ0n) is 8.81. The number of nitrogens with zero attached hydrogens (tertiary/aromatic N) is 1. The van der Waals surface area contributed by atoms with Gasteiger partial charge in [-0.15, -0.1) is 0 Å². The van der Waals surface area contributed by atoms with Gasteiger partial charge in [-0.05, 0) is 23.3 Å². The van der Waals surface area contributed by atoms with Gasteiger partial charge in [0.25, 0.3) is 0 Å². The molecule has 1 aliphatic heterocycles. The highest BCUT2D eigenvalue weighted by atomic mass is 16.5. The van der Waals surface area contributed by atoms with Crippen molar-refractivity contribution in [2.24, 2.45) is 0 Å². The van der Waals surface area contributed by atoms with Crippen LogP contribution in [-0.4, -0.2) is 6.10 Å². The summed E-state index contributed by atoms with van der Waals surface area (Å²) in [6.45, 7) is 0. The van der Waals surface area contributed by atoms with E-state index in [1.54, 1.807) is 0 Å². The number of nitriles is 1. The van der Waals surface area contributed by atoms with Crippen LogP contribution in [0.15, 0.2) is 36.4 Å². The van der Waals surface area contributed by atoms with Gasteiger partial charge in [-0.3, -0.25) is 0 Å². The fraction of sp³-hybridized carbons (Fsp3) is 0.214. The monoisotopic (exact) mass is 209 g/mol. The Morgan fingerprint density at radius 2 is 2.06 bits per heavy atom. The van der Waals surface area contributed by atoms with Crippen LogP contribution in [0.2, 0.25) is 0 Å². The summed E-state index contributed by atoms with van der Waals surface area (Å²) in [5, 5.41) is 11.3. The van der Waals surface area contributed by atoms with Gasteiger partial charge in [0.1, 0.15) is 11.8 Å². The van der Waals surface area contributed by atoms with Crippen LogP contribution in [-0.2, 0) is 6.42 Å². The van der Waals surface area contributed by atoms with Crippen LogP contribution in [0.1, 0.15) is 12.0 Å². The van der Waals surface area contributed by atoms with Crippen LogP contribution in [0, 0.1) is 11.3 Å². The molecule has 0 amide bonds. The molecule has 0 radical (unpaired) electrons. The number of rotatable bonds is 0. The molecule has 0 saturated carbocycles. The zero-order valence-corrected chi connectivity index (χ0v) is 8.81. The maximum atomic E-state index is 8.85. The second-order valence-electron chi connectivity index (χ2n) is 4.04. The van der Waals surface area contributed by atoms with Gasteiger partial charge < -0.3 is 4.74 Å². The maximum Gasteiger partial charge on any atom is 0.184 e. The maximum absolute atomic E-state index is 8.85. The summed E-state index contributed by atoms with van der Waals surface area (Å²) in [5.74, 6) is 0.872. The first-order valence-electron chi connectivity index (χ1n) is 5.45. The zero-order chi connectivity index (χ0) is 11.0. The Balaban J connectivity index is 2.19. The predicted octanol–water partition coefficient (Wildman–Crippen LogP) is 3.06. The van der Waals surface area contributed by atoms with Crippen molar-refractivity contribution in [2.75, 3.05) is 0 Å². The number of fused-ring (bicyclic) bond motifs is 3. The van der Waals surface area contributed by atoms with E-state index < -0.39 is 0 Å². The van der Waals surface area contributed by atoms with Crippen molar-refractivity contribution >= 4 is 10.8 Å². The summed E-state index contributed by atoms with van der Waals surface area (Å²) >= 11 is 0. The quantitative estimate of drug-likeness (QED) is 0.668. The van der Waals surface area contributed by atoms with Crippen molar-refractivity contribution in [3.63, 3.8) is 0 Å². The molecule has 1 heterocycles. The molecular formula is C14H11NO. The van der Waals surface area contributed by atoms with E-state index in [4.69, 9.17) is 10.00 Å². The van der Waals surface area contributed by atoms with E-state index >= 15 is 0 Å². The molecule has 0 saturated heterocycles. The molecule has 1 aliphatic rings. The smallest absolute Gasteiger partial charge is 0.184 e. The standard InChI is InChI=1S/C14H11NO/c15-9-11-6-7-13-12-4-2-1-3-10(12)5-8-14(13)16-11/h1-5,8,11H,6-7H2. The molecule has 1 unspecified atom stereocenters. The van der Waals surface area contributed by atoms with Crippen LogP contribution in [0.5, 0.6) is 5.75 Å². The molecular weight excluding hydrogens is 198 g/mol. The Kier molecular flexibility index (Phi) is 2.04. The van der Waals surface area contributed by atoms with Crippen molar-refractivity contribution in [1.82, 2.24) is 0 Å². The third-order valence-electron chi connectivity index (χ3n) is 3.07. The molecule has 0 aromatic heterocycles. The molecule has 0 spiro atoms. The summed E-state index contributed by atoms with van der Waals surface area (Å²) in [5.41, 5.74) is 1.24. The number of hydrogen-bond donors (Lipinski definition) is 0. The molecule has 0 N–H and O–H groups in total. The van der Waals surface area contributed by atoms with E-state index in [2.05, 4.69) is 18.2 Å². The van der Waals surface area contributed by atoms with Crippen LogP contribution in [0.3, 0.4) is 0 Å². The Bertz CT molecular complexity index is 583. The normalized spacial score (nSPS) is 18.6. The Morgan fingerprint density at radius 1 is 1.19 bits per heavy atom. The summed E-state index contributed by atoms with van der Waals surface area (Å²) in [6, 6.07) is 14.5. The van der Waals surface area contributed by atoms with Crippen LogP contribution in [0.4, 0.5) is 0 Å². The molecule has 0 fully saturated rings. The van der Waals surface area contributed by atoms with Gasteiger partial charge in [0, 0.05) is 12.0 Å². The van der Waals surface area contributed by atoms with Crippen molar-refractivity contribution < 1.29 is 4.74 Å². The molecule has 2 aromatic rings. The highest BCUT2D eigenvalue weighted by molar-refractivity contribution is 5.87. The second-order valence-corrected chi connectivity index (χ2v) is 4.04. The number of hydrogen-bond acceptors (Lipinski definition) is 2. The topological polar surface area (TPSA) is 33.0 Å². The number of ether oxygens (including phenoxy) is 1. The lowest BCUT2D eigenvalue weighted by Gasteiger charge is -2.22. The number of benzene rings is 2. The third kappa shape index (κ3) is 1.33. The minimum atomic E-state index is -0.284. The highest BCUT2D eigenvalue weighted by Gasteiger charge is 2.20. The van der Waals surface area contributed by atoms with Crippen LogP contribution in [0.25, 0.3) is 10.8 Å². The summed E-state index contributed by atoms with van der Waals surface area (Å²) in [7, 11) is 0. The molecule has 1 atom stereocenters. The molecule has 0 bridgehead atoms. The lowest BCUT2D eigenvalue weighted by Crippen LogP contribution is -2.20. The molecule has 2 nitrogen and oxygen atoms in total. The predicted molar refractivity (Wildman–Crippen MR) is 62.3 cm³/mol. The minimum absolute atomic E-state index is 0.284. The van der Waals surface area contributed by atoms with E-state index in [1.165, 1.54) is 16.3 Å². The third-order valence-corrected chi connectivity index (χ3v) is 3.07. The highest BCUT2D eigenvalue weighted by Crippen LogP contribution is 2.33. The summed E-state index contributed by atoms with van der Waals surface area (Å²) in [6.07, 6.45) is 1.43. The Morgan fingerprint density at radius 3 is 2.94 bits per heavy atom. The SMILES string of the molecule is N#CC1CCc2c(ccc3ccccc23)O1. The lowest BCUT2D eigenvalue weighted by molar-refractivity contribution is 0.226. The lowest BCUT2D eigenvalue weighted by atomic mass is 9.96. The molecule has 2 heteroatoms. The fourth-order valence-electron chi connectivity index (χ4n) is 2.26. The van der Waals surface area contributed by atoms with Crippen molar-refractivity contribution in [2.45, 2.75) is 18.9 Å². The van der Waals surface area contributed by atoms with Gasteiger partial charge in [-0.1, -0.05) is 30.3 Å². The van der Waals surface area contributed by atoms with Gasteiger partial charge in [-0.25, -0.2) is 0 Å². The van der Waals surface area contributed by atoms with E-state index in [1.807, 2.05) is 24.3 Å². The van der Waals surface area contributed by atoms with Gasteiger partial charge in [0.05, 0.1) is 0 Å². The molecule has 3 rings (SSSR count). The number of aryl methyl sites for hydroxylation is 1. The minimum Gasteiger partial charge on any atom is -0.475 e. The van der Waals surface area contributed by atoms with Gasteiger partial charge in [0.2, 0.25) is 0 Å². The summed E-state index contributed by atoms with van der Waals surface area (Å²) < 4.78 is 5.63. The largest absolute Gasteiger partial charge is 0.475 e. The van der Waals surface area contributed by atoms with E-state index in [0.717, 1.165) is 18.6 Å². The van der Waals surface area contributed by atoms with Crippen LogP contribution < -0.4 is 4.74 Å². The Hall–Kier alpha value is -2.01. The van der Waals surface area contributed by atoms with E-state index in [9.17, 15) is 0 Å². The van der Waals surface area contributed by atoms with Gasteiger partial charge in [0.15, 0.2) is 6.10 Å². The average molecular weight is 209 g/mol. The molecule has 16 heavy (non-hydrogen) atoms. The van der Waals surface area contributed by atoms with Crippen LogP contribution >= 0.6 is 0 Å². The second kappa shape index (κ2) is 3.53. The Labute approximate surface area is 94.1 Å². The average Bonchev–Trinajstić information content (AvgIpc) is 2.38. The van der Waals surface area contributed by atoms with Gasteiger partial charge >= 0.3 is 0 Å². The van der Waals surface area contributed by atoms with E-state index in [-0.39, 0.29) is 6.10 Å². The first-order valence-corrected chi connectivity index (χ1v) is 5.45. The fourth-order valence-corrected chi connectivity index (χ4v) is 2.26. The van der Waals surface area contributed by atoms with Crippen molar-refractivity contribution in [3.8, 4) is 11.8 Å². The molecule has 78 valence electrons. The molecule has 0 aliphatic carbocycles. The van der Waals surface area contributed by atoms with Crippen molar-refractivity contribution in [3.05, 3.63) is 42.0 Å². The molecule has 2 aromatic carbocycles. The first-order chi connectivity index (χ1) is 7.88. The van der Waals surface area contributed by atoms with E-state index in [0.29, 0.717) is 0 Å². The van der Waals surface area contributed by atoms with Gasteiger partial charge in [-0.2, -0.15) is 5.26 Å². The summed E-state index contributed by atoms with van der Waals surface area (Å²) in [4.78, 5) is 0. The first kappa shape index (κ1) is 9.23.